The number of hydrazine groups is 1. The van der Waals surface area contributed by atoms with E-state index in [0.717, 1.165) is 0 Å². The third-order valence-electron chi connectivity index (χ3n) is 5.01. The van der Waals surface area contributed by atoms with Crippen LogP contribution < -0.4 is 20.5 Å². The molecule has 2 saturated heterocycles. The zero-order chi connectivity index (χ0) is 23.3. The normalized spacial score (nSPS) is 18.8. The van der Waals surface area contributed by atoms with Crippen molar-refractivity contribution in [2.45, 2.75) is 20.0 Å². The highest BCUT2D eigenvalue weighted by atomic mass is 19.1. The first-order valence-corrected chi connectivity index (χ1v) is 10.3. The Balaban J connectivity index is 1.64. The average Bonchev–Trinajstić information content (AvgIpc) is 2.96. The molecule has 0 bridgehead atoms. The first-order chi connectivity index (χ1) is 15.3. The zero-order valence-corrected chi connectivity index (χ0v) is 17.9. The first kappa shape index (κ1) is 23.3. The summed E-state index contributed by atoms with van der Waals surface area (Å²) in [6.07, 6.45) is -1.13. The number of anilines is 2. The summed E-state index contributed by atoms with van der Waals surface area (Å²) < 4.78 is 24.9. The van der Waals surface area contributed by atoms with Crippen LogP contribution in [0.4, 0.5) is 20.6 Å². The molecule has 11 nitrogen and oxygen atoms in total. The van der Waals surface area contributed by atoms with Gasteiger partial charge in [-0.25, -0.2) is 19.4 Å². The predicted octanol–water partition coefficient (Wildman–Crippen LogP) is 0.00330. The van der Waals surface area contributed by atoms with Crippen LogP contribution >= 0.6 is 0 Å². The molecule has 1 atom stereocenters. The number of carbonyl (C=O) groups is 4. The van der Waals surface area contributed by atoms with Crippen LogP contribution in [0.5, 0.6) is 0 Å². The molecular weight excluding hydrogens is 425 g/mol. The van der Waals surface area contributed by atoms with Gasteiger partial charge in [-0.05, 0) is 25.1 Å². The Bertz CT molecular complexity index is 897. The molecule has 2 aliphatic rings. The smallest absolute Gasteiger partial charge is 0.414 e. The second kappa shape index (κ2) is 10.3. The molecule has 2 aliphatic heterocycles. The maximum atomic E-state index is 14.9. The van der Waals surface area contributed by atoms with E-state index in [1.807, 2.05) is 0 Å². The third kappa shape index (κ3) is 5.44. The van der Waals surface area contributed by atoms with Gasteiger partial charge >= 0.3 is 18.0 Å². The van der Waals surface area contributed by atoms with Crippen molar-refractivity contribution >= 4 is 35.3 Å². The van der Waals surface area contributed by atoms with Gasteiger partial charge in [-0.1, -0.05) is 0 Å². The molecule has 2 heterocycles. The van der Waals surface area contributed by atoms with E-state index in [9.17, 15) is 23.6 Å². The fourth-order valence-corrected chi connectivity index (χ4v) is 3.47. The summed E-state index contributed by atoms with van der Waals surface area (Å²) in [7, 11) is 0. The molecule has 1 aromatic rings. The molecule has 12 heteroatoms. The largest absolute Gasteiger partial charge is 0.459 e. The summed E-state index contributed by atoms with van der Waals surface area (Å²) in [5.41, 5.74) is 3.50. The van der Waals surface area contributed by atoms with Gasteiger partial charge in [-0.2, -0.15) is 0 Å². The first-order valence-electron chi connectivity index (χ1n) is 10.3. The van der Waals surface area contributed by atoms with Crippen molar-refractivity contribution in [1.82, 2.24) is 15.8 Å². The number of hydrogen-bond acceptors (Lipinski definition) is 8. The van der Waals surface area contributed by atoms with Crippen LogP contribution in [-0.4, -0.2) is 80.9 Å². The summed E-state index contributed by atoms with van der Waals surface area (Å²) in [5.74, 6) is -2.51. The van der Waals surface area contributed by atoms with Crippen LogP contribution in [0.2, 0.25) is 0 Å². The van der Waals surface area contributed by atoms with E-state index in [2.05, 4.69) is 10.7 Å². The van der Waals surface area contributed by atoms with Gasteiger partial charge in [0.25, 0.3) is 0 Å². The van der Waals surface area contributed by atoms with Crippen LogP contribution in [-0.2, 0) is 23.9 Å². The Kier molecular flexibility index (Phi) is 7.46. The van der Waals surface area contributed by atoms with Crippen molar-refractivity contribution in [3.8, 4) is 0 Å². The molecule has 0 spiro atoms. The lowest BCUT2D eigenvalue weighted by Crippen LogP contribution is -2.47. The van der Waals surface area contributed by atoms with E-state index >= 15 is 0 Å². The maximum Gasteiger partial charge on any atom is 0.414 e. The van der Waals surface area contributed by atoms with Crippen molar-refractivity contribution in [2.24, 2.45) is 0 Å². The molecule has 0 saturated carbocycles. The lowest BCUT2D eigenvalue weighted by molar-refractivity contribution is -0.161. The summed E-state index contributed by atoms with van der Waals surface area (Å²) >= 11 is 0. The topological polar surface area (TPSA) is 121 Å². The van der Waals surface area contributed by atoms with E-state index in [0.29, 0.717) is 31.0 Å². The van der Waals surface area contributed by atoms with E-state index in [-0.39, 0.29) is 32.1 Å². The van der Waals surface area contributed by atoms with Crippen molar-refractivity contribution < 1.29 is 33.0 Å². The standard InChI is InChI=1S/C20H26FN5O6/c1-3-31-19(29)18(28)26-9-8-24(7-6-23-26)17-5-4-14(10-16(17)21)25-12-15(32-20(25)30)11-22-13(2)27/h4-5,10,15,23H,3,6-9,11-12H2,1-2H3,(H,22,27)/t15-/m0/s1. The van der Waals surface area contributed by atoms with Crippen LogP contribution in [0.1, 0.15) is 13.8 Å². The number of halogens is 1. The highest BCUT2D eigenvalue weighted by molar-refractivity contribution is 6.32. The van der Waals surface area contributed by atoms with Gasteiger partial charge in [0.15, 0.2) is 0 Å². The van der Waals surface area contributed by atoms with E-state index in [1.54, 1.807) is 24.0 Å². The van der Waals surface area contributed by atoms with E-state index in [4.69, 9.17) is 9.47 Å². The van der Waals surface area contributed by atoms with Crippen molar-refractivity contribution in [2.75, 3.05) is 55.7 Å². The molecule has 174 valence electrons. The number of carbonyl (C=O) groups excluding carboxylic acids is 4. The summed E-state index contributed by atoms with van der Waals surface area (Å²) in [5, 5.41) is 3.75. The minimum Gasteiger partial charge on any atom is -0.459 e. The molecule has 0 unspecified atom stereocenters. The SMILES string of the molecule is CCOC(=O)C(=O)N1CCN(c2ccc(N3C[C@H](CNC(C)=O)OC3=O)cc2F)CCN1. The quantitative estimate of drug-likeness (QED) is 0.474. The molecule has 3 amide bonds. The lowest BCUT2D eigenvalue weighted by Gasteiger charge is -2.24. The van der Waals surface area contributed by atoms with Gasteiger partial charge in [-0.15, -0.1) is 0 Å². The highest BCUT2D eigenvalue weighted by Gasteiger charge is 2.33. The Labute approximate surface area is 184 Å². The highest BCUT2D eigenvalue weighted by Crippen LogP contribution is 2.28. The summed E-state index contributed by atoms with van der Waals surface area (Å²) in [4.78, 5) is 50.0. The third-order valence-corrected chi connectivity index (χ3v) is 5.01. The second-order valence-electron chi connectivity index (χ2n) is 7.26. The van der Waals surface area contributed by atoms with Crippen LogP contribution in [0.15, 0.2) is 18.2 Å². The minimum atomic E-state index is -0.946. The van der Waals surface area contributed by atoms with Gasteiger partial charge in [0.2, 0.25) is 5.91 Å². The number of cyclic esters (lactones) is 1. The molecule has 0 radical (unpaired) electrons. The van der Waals surface area contributed by atoms with Gasteiger partial charge in [0, 0.05) is 26.6 Å². The van der Waals surface area contributed by atoms with Crippen LogP contribution in [0.3, 0.4) is 0 Å². The van der Waals surface area contributed by atoms with Crippen LogP contribution in [0.25, 0.3) is 0 Å². The Morgan fingerprint density at radius 3 is 2.75 bits per heavy atom. The number of benzene rings is 1. The van der Waals surface area contributed by atoms with Gasteiger partial charge in [0.05, 0.1) is 37.6 Å². The van der Waals surface area contributed by atoms with E-state index < -0.39 is 29.9 Å². The number of rotatable bonds is 5. The Morgan fingerprint density at radius 2 is 2.06 bits per heavy atom. The number of ether oxygens (including phenoxy) is 2. The molecule has 1 aromatic carbocycles. The van der Waals surface area contributed by atoms with Crippen molar-refractivity contribution in [3.05, 3.63) is 24.0 Å². The summed E-state index contributed by atoms with van der Waals surface area (Å²) in [6, 6.07) is 4.42. The van der Waals surface area contributed by atoms with Crippen molar-refractivity contribution in [3.63, 3.8) is 0 Å². The van der Waals surface area contributed by atoms with Gasteiger partial charge in [0.1, 0.15) is 11.9 Å². The van der Waals surface area contributed by atoms with Gasteiger partial charge < -0.3 is 19.7 Å². The number of amides is 3. The molecule has 32 heavy (non-hydrogen) atoms. The zero-order valence-electron chi connectivity index (χ0n) is 17.9. The molecule has 2 N–H and O–H groups in total. The monoisotopic (exact) mass is 451 g/mol. The summed E-state index contributed by atoms with van der Waals surface area (Å²) in [6.45, 7) is 4.61. The maximum absolute atomic E-state index is 14.9. The fourth-order valence-electron chi connectivity index (χ4n) is 3.47. The fraction of sp³-hybridized carbons (Fsp3) is 0.500. The average molecular weight is 451 g/mol. The Hall–Kier alpha value is -3.41. The number of nitrogens with one attached hydrogen (secondary N) is 2. The molecule has 0 aliphatic carbocycles. The molecule has 0 aromatic heterocycles. The number of hydrogen-bond donors (Lipinski definition) is 2. The molecule has 2 fully saturated rings. The number of nitrogens with zero attached hydrogens (tertiary/aromatic N) is 3. The second-order valence-corrected chi connectivity index (χ2v) is 7.26. The minimum absolute atomic E-state index is 0.0979. The van der Waals surface area contributed by atoms with E-state index in [1.165, 1.54) is 22.9 Å². The van der Waals surface area contributed by atoms with Crippen molar-refractivity contribution in [1.29, 1.82) is 0 Å². The molecule has 3 rings (SSSR count). The van der Waals surface area contributed by atoms with Crippen LogP contribution in [0, 0.1) is 5.82 Å². The Morgan fingerprint density at radius 1 is 1.28 bits per heavy atom. The predicted molar refractivity (Wildman–Crippen MR) is 111 cm³/mol. The van der Waals surface area contributed by atoms with Gasteiger partial charge in [-0.3, -0.25) is 19.5 Å². The molecular formula is C20H26FN5O6. The number of esters is 1. The lowest BCUT2D eigenvalue weighted by atomic mass is 10.2.